The quantitative estimate of drug-likeness (QED) is 0.631. The van der Waals surface area contributed by atoms with Crippen molar-refractivity contribution >= 4 is 23.2 Å². The van der Waals surface area contributed by atoms with Crippen LogP contribution in [0.1, 0.15) is 29.8 Å². The fourth-order valence-electron chi connectivity index (χ4n) is 2.94. The molecule has 2 aromatic carbocycles. The minimum absolute atomic E-state index is 0.138. The number of carbonyl (C=O) groups is 2. The monoisotopic (exact) mass is 387 g/mol. The standard InChI is InChI=1S/C20H22FN3O4/c1-20(2,27)17-19(26)24-14-6-5-12(9-15(14)23-17)18(25)22-10-11-4-7-16(28-3)13(21)8-11/h4-9,17,23,27H,10H2,1-3H3,(H,22,25)(H,24,26)/t17-/m1/s1. The summed E-state index contributed by atoms with van der Waals surface area (Å²) in [5.41, 5.74) is 0.746. The number of fused-ring (bicyclic) bond motifs is 1. The Bertz CT molecular complexity index is 924. The Balaban J connectivity index is 1.72. The van der Waals surface area contributed by atoms with Gasteiger partial charge < -0.3 is 25.8 Å². The zero-order chi connectivity index (χ0) is 20.5. The van der Waals surface area contributed by atoms with Crippen molar-refractivity contribution < 1.29 is 23.8 Å². The minimum atomic E-state index is -1.28. The summed E-state index contributed by atoms with van der Waals surface area (Å²) in [5.74, 6) is -1.06. The SMILES string of the molecule is COc1ccc(CNC(=O)c2ccc3c(c2)N[C@@H](C(C)(C)O)C(=O)N3)cc1F. The highest BCUT2D eigenvalue weighted by atomic mass is 19.1. The van der Waals surface area contributed by atoms with Gasteiger partial charge in [-0.15, -0.1) is 0 Å². The van der Waals surface area contributed by atoms with Crippen LogP contribution in [0.3, 0.4) is 0 Å². The normalized spacial score (nSPS) is 15.9. The molecule has 2 aromatic rings. The second-order valence-corrected chi connectivity index (χ2v) is 7.13. The summed E-state index contributed by atoms with van der Waals surface area (Å²) in [6.07, 6.45) is 0. The van der Waals surface area contributed by atoms with Gasteiger partial charge in [-0.3, -0.25) is 9.59 Å². The van der Waals surface area contributed by atoms with Gasteiger partial charge in [0.1, 0.15) is 6.04 Å². The zero-order valence-corrected chi connectivity index (χ0v) is 15.8. The fraction of sp³-hybridized carbons (Fsp3) is 0.300. The largest absolute Gasteiger partial charge is 0.494 e. The Morgan fingerprint density at radius 1 is 1.25 bits per heavy atom. The van der Waals surface area contributed by atoms with Crippen LogP contribution >= 0.6 is 0 Å². The Morgan fingerprint density at radius 2 is 2.00 bits per heavy atom. The van der Waals surface area contributed by atoms with Gasteiger partial charge in [-0.2, -0.15) is 0 Å². The third-order valence-electron chi connectivity index (χ3n) is 4.48. The van der Waals surface area contributed by atoms with E-state index in [2.05, 4.69) is 16.0 Å². The molecular formula is C20H22FN3O4. The first-order valence-corrected chi connectivity index (χ1v) is 8.73. The molecule has 3 rings (SSSR count). The van der Waals surface area contributed by atoms with Crippen molar-refractivity contribution in [3.63, 3.8) is 0 Å². The number of aliphatic hydroxyl groups is 1. The molecule has 4 N–H and O–H groups in total. The molecule has 148 valence electrons. The zero-order valence-electron chi connectivity index (χ0n) is 15.8. The average Bonchev–Trinajstić information content (AvgIpc) is 2.64. The summed E-state index contributed by atoms with van der Waals surface area (Å²) in [6.45, 7) is 3.20. The summed E-state index contributed by atoms with van der Waals surface area (Å²) in [7, 11) is 1.38. The van der Waals surface area contributed by atoms with Crippen LogP contribution in [0.15, 0.2) is 36.4 Å². The first-order valence-electron chi connectivity index (χ1n) is 8.73. The van der Waals surface area contributed by atoms with Gasteiger partial charge in [-0.1, -0.05) is 6.07 Å². The van der Waals surface area contributed by atoms with E-state index >= 15 is 0 Å². The van der Waals surface area contributed by atoms with E-state index in [0.29, 0.717) is 22.5 Å². The number of amides is 2. The topological polar surface area (TPSA) is 99.7 Å². The Hall–Kier alpha value is -3.13. The second kappa shape index (κ2) is 7.47. The number of methoxy groups -OCH3 is 1. The van der Waals surface area contributed by atoms with Crippen molar-refractivity contribution in [2.75, 3.05) is 17.7 Å². The molecule has 1 atom stereocenters. The van der Waals surface area contributed by atoms with Crippen molar-refractivity contribution in [2.24, 2.45) is 0 Å². The van der Waals surface area contributed by atoms with E-state index < -0.39 is 17.5 Å². The summed E-state index contributed by atoms with van der Waals surface area (Å²) in [6, 6.07) is 8.41. The van der Waals surface area contributed by atoms with Crippen LogP contribution in [0.5, 0.6) is 5.75 Å². The molecule has 1 heterocycles. The molecule has 8 heteroatoms. The number of carbonyl (C=O) groups excluding carboxylic acids is 2. The molecule has 1 aliphatic rings. The highest BCUT2D eigenvalue weighted by molar-refractivity contribution is 6.05. The van der Waals surface area contributed by atoms with Gasteiger partial charge in [0.05, 0.1) is 24.1 Å². The van der Waals surface area contributed by atoms with Gasteiger partial charge in [0.2, 0.25) is 5.91 Å². The van der Waals surface area contributed by atoms with Crippen molar-refractivity contribution in [3.05, 3.63) is 53.3 Å². The number of hydrogen-bond donors (Lipinski definition) is 4. The number of nitrogens with one attached hydrogen (secondary N) is 3. The van der Waals surface area contributed by atoms with Crippen molar-refractivity contribution in [2.45, 2.75) is 32.0 Å². The second-order valence-electron chi connectivity index (χ2n) is 7.13. The van der Waals surface area contributed by atoms with E-state index in [1.807, 2.05) is 0 Å². The number of ether oxygens (including phenoxy) is 1. The minimum Gasteiger partial charge on any atom is -0.494 e. The van der Waals surface area contributed by atoms with Crippen LogP contribution < -0.4 is 20.7 Å². The van der Waals surface area contributed by atoms with Gasteiger partial charge in [-0.05, 0) is 49.7 Å². The maximum atomic E-state index is 13.8. The molecule has 7 nitrogen and oxygen atoms in total. The third kappa shape index (κ3) is 4.07. The summed E-state index contributed by atoms with van der Waals surface area (Å²) in [5, 5.41) is 18.6. The number of anilines is 2. The number of hydrogen-bond acceptors (Lipinski definition) is 5. The van der Waals surface area contributed by atoms with Crippen molar-refractivity contribution in [1.82, 2.24) is 5.32 Å². The smallest absolute Gasteiger partial charge is 0.251 e. The Morgan fingerprint density at radius 3 is 2.64 bits per heavy atom. The molecule has 0 aromatic heterocycles. The molecular weight excluding hydrogens is 365 g/mol. The van der Waals surface area contributed by atoms with Crippen molar-refractivity contribution in [3.8, 4) is 5.75 Å². The maximum absolute atomic E-state index is 13.8. The van der Waals surface area contributed by atoms with Crippen LogP contribution in [0.2, 0.25) is 0 Å². The predicted octanol–water partition coefficient (Wildman–Crippen LogP) is 2.27. The molecule has 0 radical (unpaired) electrons. The van der Waals surface area contributed by atoms with E-state index in [0.717, 1.165) is 0 Å². The molecule has 0 bridgehead atoms. The number of benzene rings is 2. The van der Waals surface area contributed by atoms with Gasteiger partial charge in [-0.25, -0.2) is 4.39 Å². The van der Waals surface area contributed by atoms with Gasteiger partial charge >= 0.3 is 0 Å². The van der Waals surface area contributed by atoms with Crippen LogP contribution in [0, 0.1) is 5.82 Å². The van der Waals surface area contributed by atoms with E-state index in [9.17, 15) is 19.1 Å². The highest BCUT2D eigenvalue weighted by Crippen LogP contribution is 2.30. The Kier molecular flexibility index (Phi) is 5.24. The summed E-state index contributed by atoms with van der Waals surface area (Å²) >= 11 is 0. The number of halogens is 1. The molecule has 2 amide bonds. The third-order valence-corrected chi connectivity index (χ3v) is 4.48. The number of rotatable bonds is 5. The van der Waals surface area contributed by atoms with Crippen molar-refractivity contribution in [1.29, 1.82) is 0 Å². The van der Waals surface area contributed by atoms with E-state index in [1.165, 1.54) is 33.1 Å². The van der Waals surface area contributed by atoms with Crippen LogP contribution in [0.4, 0.5) is 15.8 Å². The van der Waals surface area contributed by atoms with Crippen LogP contribution in [0.25, 0.3) is 0 Å². The lowest BCUT2D eigenvalue weighted by Gasteiger charge is -2.34. The average molecular weight is 387 g/mol. The highest BCUT2D eigenvalue weighted by Gasteiger charge is 2.37. The molecule has 0 spiro atoms. The van der Waals surface area contributed by atoms with Gasteiger partial charge in [0.15, 0.2) is 11.6 Å². The van der Waals surface area contributed by atoms with Crippen LogP contribution in [-0.2, 0) is 11.3 Å². The molecule has 0 fully saturated rings. The lowest BCUT2D eigenvalue weighted by molar-refractivity contribution is -0.121. The van der Waals surface area contributed by atoms with E-state index in [-0.39, 0.29) is 24.1 Å². The summed E-state index contributed by atoms with van der Waals surface area (Å²) in [4.78, 5) is 24.6. The molecule has 0 saturated carbocycles. The van der Waals surface area contributed by atoms with Gasteiger partial charge in [0.25, 0.3) is 5.91 Å². The van der Waals surface area contributed by atoms with Gasteiger partial charge in [0, 0.05) is 12.1 Å². The fourth-order valence-corrected chi connectivity index (χ4v) is 2.94. The first kappa shape index (κ1) is 19.6. The first-order chi connectivity index (χ1) is 13.2. The molecule has 0 saturated heterocycles. The molecule has 28 heavy (non-hydrogen) atoms. The lowest BCUT2D eigenvalue weighted by Crippen LogP contribution is -2.52. The Labute approximate surface area is 161 Å². The summed E-state index contributed by atoms with van der Waals surface area (Å²) < 4.78 is 18.6. The molecule has 1 aliphatic heterocycles. The lowest BCUT2D eigenvalue weighted by atomic mass is 9.95. The maximum Gasteiger partial charge on any atom is 0.251 e. The predicted molar refractivity (Wildman–Crippen MR) is 103 cm³/mol. The molecule has 0 aliphatic carbocycles. The van der Waals surface area contributed by atoms with E-state index in [1.54, 1.807) is 24.3 Å². The molecule has 0 unspecified atom stereocenters. The van der Waals surface area contributed by atoms with Crippen LogP contribution in [-0.4, -0.2) is 35.7 Å². The van der Waals surface area contributed by atoms with E-state index in [4.69, 9.17) is 4.74 Å².